The van der Waals surface area contributed by atoms with Crippen molar-refractivity contribution in [2.24, 2.45) is 5.41 Å². The Morgan fingerprint density at radius 1 is 1.88 bits per heavy atom. The predicted octanol–water partition coefficient (Wildman–Crippen LogP) is -0.666. The number of rotatable bonds is 1. The Balaban J connectivity index is 2.42. The zero-order valence-electron chi connectivity index (χ0n) is 4.79. The van der Waals surface area contributed by atoms with Gasteiger partial charge in [-0.2, -0.15) is 0 Å². The molecule has 1 heterocycles. The van der Waals surface area contributed by atoms with Gasteiger partial charge in [-0.1, -0.05) is 6.92 Å². The molecule has 0 aromatic carbocycles. The van der Waals surface area contributed by atoms with Gasteiger partial charge in [0.25, 0.3) is 0 Å². The number of hydrogen-bond donors (Lipinski definition) is 2. The molecule has 2 unspecified atom stereocenters. The summed E-state index contributed by atoms with van der Waals surface area (Å²) in [5, 5.41) is 17.4. The molecule has 8 heavy (non-hydrogen) atoms. The van der Waals surface area contributed by atoms with Crippen LogP contribution in [0.3, 0.4) is 0 Å². The molecule has 1 aliphatic rings. The normalized spacial score (nSPS) is 46.1. The lowest BCUT2D eigenvalue weighted by molar-refractivity contribution is -0.291. The van der Waals surface area contributed by atoms with Gasteiger partial charge in [0.2, 0.25) is 0 Å². The van der Waals surface area contributed by atoms with Gasteiger partial charge in [0.15, 0.2) is 6.29 Å². The molecule has 0 amide bonds. The van der Waals surface area contributed by atoms with Crippen LogP contribution in [-0.2, 0) is 4.74 Å². The third-order valence-electron chi connectivity index (χ3n) is 1.53. The largest absolute Gasteiger partial charge is 0.396 e. The highest BCUT2D eigenvalue weighted by Gasteiger charge is 2.42. The monoisotopic (exact) mass is 118 g/mol. The summed E-state index contributed by atoms with van der Waals surface area (Å²) in [6.07, 6.45) is -0.757. The first-order valence-corrected chi connectivity index (χ1v) is 2.59. The van der Waals surface area contributed by atoms with Crippen molar-refractivity contribution in [1.82, 2.24) is 0 Å². The average molecular weight is 118 g/mol. The van der Waals surface area contributed by atoms with Crippen LogP contribution < -0.4 is 0 Å². The summed E-state index contributed by atoms with van der Waals surface area (Å²) in [6, 6.07) is 0. The van der Waals surface area contributed by atoms with E-state index in [0.717, 1.165) is 0 Å². The summed E-state index contributed by atoms with van der Waals surface area (Å²) in [5.74, 6) is 0. The number of hydrogen-bond acceptors (Lipinski definition) is 3. The molecule has 3 heteroatoms. The highest BCUT2D eigenvalue weighted by Crippen LogP contribution is 2.31. The van der Waals surface area contributed by atoms with Crippen LogP contribution >= 0.6 is 0 Å². The molecule has 1 saturated heterocycles. The van der Waals surface area contributed by atoms with Gasteiger partial charge >= 0.3 is 0 Å². The second-order valence-electron chi connectivity index (χ2n) is 2.48. The third-order valence-corrected chi connectivity index (χ3v) is 1.53. The average Bonchev–Trinajstić information content (AvgIpc) is 1.83. The fourth-order valence-electron chi connectivity index (χ4n) is 0.566. The van der Waals surface area contributed by atoms with E-state index in [-0.39, 0.29) is 12.0 Å². The van der Waals surface area contributed by atoms with Gasteiger partial charge in [0, 0.05) is 0 Å². The van der Waals surface area contributed by atoms with Crippen LogP contribution in [0.1, 0.15) is 6.92 Å². The molecule has 2 atom stereocenters. The molecule has 0 saturated carbocycles. The molecular formula is C5H10O3. The van der Waals surface area contributed by atoms with E-state index in [1.165, 1.54) is 0 Å². The van der Waals surface area contributed by atoms with Crippen LogP contribution in [0.4, 0.5) is 0 Å². The van der Waals surface area contributed by atoms with Crippen LogP contribution in [-0.4, -0.2) is 29.7 Å². The van der Waals surface area contributed by atoms with Crippen LogP contribution in [0.15, 0.2) is 0 Å². The SMILES string of the molecule is CC1(CO)COC1O. The van der Waals surface area contributed by atoms with Crippen molar-refractivity contribution in [1.29, 1.82) is 0 Å². The zero-order chi connectivity index (χ0) is 6.20. The van der Waals surface area contributed by atoms with Gasteiger partial charge in [0.1, 0.15) is 0 Å². The van der Waals surface area contributed by atoms with Crippen LogP contribution in [0.5, 0.6) is 0 Å². The Labute approximate surface area is 47.9 Å². The highest BCUT2D eigenvalue weighted by molar-refractivity contribution is 4.83. The minimum absolute atomic E-state index is 0.00579. The molecule has 2 N–H and O–H groups in total. The van der Waals surface area contributed by atoms with Crippen molar-refractivity contribution in [3.63, 3.8) is 0 Å². The van der Waals surface area contributed by atoms with E-state index in [0.29, 0.717) is 6.61 Å². The maximum Gasteiger partial charge on any atom is 0.164 e. The second kappa shape index (κ2) is 1.69. The molecule has 0 radical (unpaired) electrons. The molecule has 1 aliphatic heterocycles. The first-order chi connectivity index (χ1) is 3.69. The second-order valence-corrected chi connectivity index (χ2v) is 2.48. The maximum absolute atomic E-state index is 8.78. The minimum atomic E-state index is -0.757. The van der Waals surface area contributed by atoms with Gasteiger partial charge in [-0.3, -0.25) is 0 Å². The van der Waals surface area contributed by atoms with Gasteiger partial charge in [0.05, 0.1) is 18.6 Å². The summed E-state index contributed by atoms with van der Waals surface area (Å²) in [4.78, 5) is 0. The van der Waals surface area contributed by atoms with Crippen molar-refractivity contribution in [3.8, 4) is 0 Å². The van der Waals surface area contributed by atoms with E-state index in [1.54, 1.807) is 6.92 Å². The van der Waals surface area contributed by atoms with E-state index < -0.39 is 6.29 Å². The van der Waals surface area contributed by atoms with Gasteiger partial charge in [-0.05, 0) is 0 Å². The third kappa shape index (κ3) is 0.632. The van der Waals surface area contributed by atoms with E-state index in [2.05, 4.69) is 4.74 Å². The van der Waals surface area contributed by atoms with Crippen molar-refractivity contribution in [2.45, 2.75) is 13.2 Å². The van der Waals surface area contributed by atoms with Crippen LogP contribution in [0.25, 0.3) is 0 Å². The molecule has 3 nitrogen and oxygen atoms in total. The van der Waals surface area contributed by atoms with E-state index >= 15 is 0 Å². The Kier molecular flexibility index (Phi) is 1.27. The lowest BCUT2D eigenvalue weighted by Crippen LogP contribution is -2.52. The van der Waals surface area contributed by atoms with Gasteiger partial charge in [-0.25, -0.2) is 0 Å². The Bertz CT molecular complexity index is 89.7. The number of aliphatic hydroxyl groups excluding tert-OH is 2. The zero-order valence-corrected chi connectivity index (χ0v) is 4.79. The first kappa shape index (κ1) is 6.01. The molecule has 0 spiro atoms. The minimum Gasteiger partial charge on any atom is -0.396 e. The Morgan fingerprint density at radius 3 is 2.50 bits per heavy atom. The quantitative estimate of drug-likeness (QED) is 0.480. The predicted molar refractivity (Wildman–Crippen MR) is 27.2 cm³/mol. The summed E-state index contributed by atoms with van der Waals surface area (Å²) >= 11 is 0. The number of ether oxygens (including phenoxy) is 1. The lowest BCUT2D eigenvalue weighted by Gasteiger charge is -2.41. The highest BCUT2D eigenvalue weighted by atomic mass is 16.6. The first-order valence-electron chi connectivity index (χ1n) is 2.59. The van der Waals surface area contributed by atoms with E-state index in [9.17, 15) is 0 Å². The van der Waals surface area contributed by atoms with E-state index in [1.807, 2.05) is 0 Å². The molecule has 0 aliphatic carbocycles. The topological polar surface area (TPSA) is 49.7 Å². The summed E-state index contributed by atoms with van der Waals surface area (Å²) in [7, 11) is 0. The molecule has 0 aromatic heterocycles. The van der Waals surface area contributed by atoms with Crippen molar-refractivity contribution >= 4 is 0 Å². The summed E-state index contributed by atoms with van der Waals surface area (Å²) < 4.78 is 4.63. The smallest absolute Gasteiger partial charge is 0.164 e. The number of aliphatic hydroxyl groups is 2. The standard InChI is InChI=1S/C5H10O3/c1-5(2-6)3-8-4(5)7/h4,6-7H,2-3H2,1H3. The molecular weight excluding hydrogens is 108 g/mol. The van der Waals surface area contributed by atoms with Crippen molar-refractivity contribution in [3.05, 3.63) is 0 Å². The molecule has 0 aromatic rings. The van der Waals surface area contributed by atoms with Crippen LogP contribution in [0, 0.1) is 5.41 Å². The fraction of sp³-hybridized carbons (Fsp3) is 1.00. The molecule has 1 fully saturated rings. The summed E-state index contributed by atoms with van der Waals surface area (Å²) in [5.41, 5.74) is -0.389. The molecule has 48 valence electrons. The van der Waals surface area contributed by atoms with Crippen molar-refractivity contribution in [2.75, 3.05) is 13.2 Å². The van der Waals surface area contributed by atoms with Gasteiger partial charge in [-0.15, -0.1) is 0 Å². The molecule has 0 bridgehead atoms. The maximum atomic E-state index is 8.78. The van der Waals surface area contributed by atoms with Crippen molar-refractivity contribution < 1.29 is 14.9 Å². The summed E-state index contributed by atoms with van der Waals surface area (Å²) in [6.45, 7) is 2.24. The fourth-order valence-corrected chi connectivity index (χ4v) is 0.566. The van der Waals surface area contributed by atoms with E-state index in [4.69, 9.17) is 10.2 Å². The van der Waals surface area contributed by atoms with Gasteiger partial charge < -0.3 is 14.9 Å². The van der Waals surface area contributed by atoms with Crippen LogP contribution in [0.2, 0.25) is 0 Å². The molecule has 1 rings (SSSR count). The Morgan fingerprint density at radius 2 is 2.50 bits per heavy atom. The lowest BCUT2D eigenvalue weighted by atomic mass is 9.88. The Hall–Kier alpha value is -0.120.